The van der Waals surface area contributed by atoms with Crippen LogP contribution in [0.2, 0.25) is 0 Å². The van der Waals surface area contributed by atoms with Gasteiger partial charge in [-0.25, -0.2) is 9.18 Å². The fourth-order valence-corrected chi connectivity index (χ4v) is 4.00. The van der Waals surface area contributed by atoms with Crippen molar-refractivity contribution < 1.29 is 19.4 Å². The number of carboxylic acid groups (broad SMARTS) is 1. The number of aromatic hydroxyl groups is 1. The Morgan fingerprint density at radius 2 is 2.00 bits per heavy atom. The Labute approximate surface area is 172 Å². The standard InChI is InChI=1S/C22H21FN4O3/c1-13-4-3-9-24-20(13)22(10-14(23)11-22)12-25-18-8-7-17(26-27-18)15-5-2-6-16(19(15)28)21(29)30/h2-9,14,28H,10-12H2,1H3,(H,25,27)(H,29,30). The number of carboxylic acids is 1. The number of nitrogens with zero attached hydrogens (tertiary/aromatic N) is 3. The number of para-hydroxylation sites is 1. The van der Waals surface area contributed by atoms with Crippen molar-refractivity contribution in [1.82, 2.24) is 15.2 Å². The second-order valence-corrected chi connectivity index (χ2v) is 7.62. The molecule has 30 heavy (non-hydrogen) atoms. The van der Waals surface area contributed by atoms with Crippen molar-refractivity contribution in [2.75, 3.05) is 11.9 Å². The summed E-state index contributed by atoms with van der Waals surface area (Å²) in [5.41, 5.74) is 1.97. The first-order valence-corrected chi connectivity index (χ1v) is 9.59. The molecule has 0 spiro atoms. The maximum atomic E-state index is 13.8. The predicted molar refractivity (Wildman–Crippen MR) is 109 cm³/mol. The Bertz CT molecular complexity index is 1080. The molecule has 8 heteroatoms. The highest BCUT2D eigenvalue weighted by molar-refractivity contribution is 5.93. The average Bonchev–Trinajstić information content (AvgIpc) is 2.71. The molecular weight excluding hydrogens is 387 g/mol. The topological polar surface area (TPSA) is 108 Å². The first-order chi connectivity index (χ1) is 14.4. The molecule has 2 heterocycles. The van der Waals surface area contributed by atoms with E-state index in [-0.39, 0.29) is 22.3 Å². The second kappa shape index (κ2) is 7.70. The number of hydrogen-bond acceptors (Lipinski definition) is 6. The summed E-state index contributed by atoms with van der Waals surface area (Å²) in [7, 11) is 0. The Morgan fingerprint density at radius 3 is 2.63 bits per heavy atom. The van der Waals surface area contributed by atoms with Crippen LogP contribution in [0.1, 0.15) is 34.5 Å². The van der Waals surface area contributed by atoms with E-state index in [0.717, 1.165) is 11.3 Å². The average molecular weight is 408 g/mol. The normalized spacial score (nSPS) is 20.4. The molecule has 1 aliphatic carbocycles. The van der Waals surface area contributed by atoms with Crippen LogP contribution in [-0.4, -0.2) is 44.1 Å². The van der Waals surface area contributed by atoms with Crippen LogP contribution in [-0.2, 0) is 5.41 Å². The van der Waals surface area contributed by atoms with Crippen LogP contribution >= 0.6 is 0 Å². The molecule has 0 radical (unpaired) electrons. The zero-order chi connectivity index (χ0) is 21.3. The molecular formula is C22H21FN4O3. The number of carbonyl (C=O) groups is 1. The van der Waals surface area contributed by atoms with Crippen LogP contribution in [0.4, 0.5) is 10.2 Å². The minimum Gasteiger partial charge on any atom is -0.506 e. The molecule has 4 rings (SSSR count). The number of anilines is 1. The number of pyridine rings is 1. The third-order valence-electron chi connectivity index (χ3n) is 5.55. The number of aryl methyl sites for hydroxylation is 1. The van der Waals surface area contributed by atoms with E-state index in [9.17, 15) is 14.3 Å². The van der Waals surface area contributed by atoms with E-state index >= 15 is 0 Å². The van der Waals surface area contributed by atoms with Crippen LogP contribution in [0.5, 0.6) is 5.75 Å². The highest BCUT2D eigenvalue weighted by Crippen LogP contribution is 2.45. The van der Waals surface area contributed by atoms with Crippen LogP contribution in [0, 0.1) is 6.92 Å². The van der Waals surface area contributed by atoms with Crippen molar-refractivity contribution in [3.05, 3.63) is 65.5 Å². The number of rotatable bonds is 6. The summed E-state index contributed by atoms with van der Waals surface area (Å²) < 4.78 is 13.8. The van der Waals surface area contributed by atoms with Crippen molar-refractivity contribution in [1.29, 1.82) is 0 Å². The van der Waals surface area contributed by atoms with Gasteiger partial charge in [-0.2, -0.15) is 0 Å². The van der Waals surface area contributed by atoms with E-state index in [1.54, 1.807) is 24.4 Å². The zero-order valence-corrected chi connectivity index (χ0v) is 16.3. The zero-order valence-electron chi connectivity index (χ0n) is 16.3. The van der Waals surface area contributed by atoms with Crippen LogP contribution in [0.15, 0.2) is 48.7 Å². The SMILES string of the molecule is Cc1cccnc1C1(CNc2ccc(-c3cccc(C(=O)O)c3O)nn2)CC(F)C1. The quantitative estimate of drug-likeness (QED) is 0.570. The van der Waals surface area contributed by atoms with Crippen molar-refractivity contribution in [3.63, 3.8) is 0 Å². The number of alkyl halides is 1. The molecule has 0 bridgehead atoms. The third-order valence-corrected chi connectivity index (χ3v) is 5.55. The van der Waals surface area contributed by atoms with Crippen molar-refractivity contribution in [2.45, 2.75) is 31.4 Å². The van der Waals surface area contributed by atoms with E-state index in [4.69, 9.17) is 5.11 Å². The summed E-state index contributed by atoms with van der Waals surface area (Å²) in [6.45, 7) is 2.45. The Kier molecular flexibility index (Phi) is 5.07. The molecule has 154 valence electrons. The van der Waals surface area contributed by atoms with Gasteiger partial charge >= 0.3 is 5.97 Å². The van der Waals surface area contributed by atoms with Gasteiger partial charge in [0.1, 0.15) is 23.3 Å². The number of benzene rings is 1. The van der Waals surface area contributed by atoms with Gasteiger partial charge in [0.25, 0.3) is 0 Å². The van der Waals surface area contributed by atoms with E-state index in [0.29, 0.717) is 30.9 Å². The van der Waals surface area contributed by atoms with Gasteiger partial charge in [0.15, 0.2) is 0 Å². The van der Waals surface area contributed by atoms with Gasteiger partial charge in [-0.05, 0) is 55.7 Å². The highest BCUT2D eigenvalue weighted by atomic mass is 19.1. The number of hydrogen-bond donors (Lipinski definition) is 3. The molecule has 3 N–H and O–H groups in total. The Morgan fingerprint density at radius 1 is 1.20 bits per heavy atom. The lowest BCUT2D eigenvalue weighted by Crippen LogP contribution is -2.48. The maximum absolute atomic E-state index is 13.8. The van der Waals surface area contributed by atoms with Crippen molar-refractivity contribution >= 4 is 11.8 Å². The van der Waals surface area contributed by atoms with Gasteiger partial charge in [0.05, 0.1) is 11.4 Å². The van der Waals surface area contributed by atoms with Crippen molar-refractivity contribution in [2.24, 2.45) is 0 Å². The molecule has 0 amide bonds. The minimum atomic E-state index is -1.22. The van der Waals surface area contributed by atoms with Crippen molar-refractivity contribution in [3.8, 4) is 17.0 Å². The lowest BCUT2D eigenvalue weighted by atomic mass is 9.64. The number of nitrogens with one attached hydrogen (secondary N) is 1. The van der Waals surface area contributed by atoms with Crippen LogP contribution in [0.3, 0.4) is 0 Å². The van der Waals surface area contributed by atoms with E-state index in [1.807, 2.05) is 19.1 Å². The Hall–Kier alpha value is -3.55. The molecule has 0 unspecified atom stereocenters. The number of phenols is 1. The molecule has 1 saturated carbocycles. The first-order valence-electron chi connectivity index (χ1n) is 9.59. The summed E-state index contributed by atoms with van der Waals surface area (Å²) in [4.78, 5) is 15.7. The van der Waals surface area contributed by atoms with E-state index < -0.39 is 12.1 Å². The number of aromatic nitrogens is 3. The van der Waals surface area contributed by atoms with Gasteiger partial charge in [-0.1, -0.05) is 12.1 Å². The monoisotopic (exact) mass is 408 g/mol. The molecule has 2 aromatic heterocycles. The molecule has 3 aromatic rings. The van der Waals surface area contributed by atoms with Gasteiger partial charge in [0.2, 0.25) is 0 Å². The lowest BCUT2D eigenvalue weighted by molar-refractivity contribution is 0.0693. The molecule has 7 nitrogen and oxygen atoms in total. The molecule has 0 saturated heterocycles. The summed E-state index contributed by atoms with van der Waals surface area (Å²) in [5.74, 6) is -1.07. The summed E-state index contributed by atoms with van der Waals surface area (Å²) >= 11 is 0. The van der Waals surface area contributed by atoms with E-state index in [1.165, 1.54) is 12.1 Å². The smallest absolute Gasteiger partial charge is 0.339 e. The van der Waals surface area contributed by atoms with Crippen LogP contribution < -0.4 is 5.32 Å². The predicted octanol–water partition coefficient (Wildman–Crippen LogP) is 3.73. The summed E-state index contributed by atoms with van der Waals surface area (Å²) in [6, 6.07) is 11.6. The van der Waals surface area contributed by atoms with Crippen LogP contribution in [0.25, 0.3) is 11.3 Å². The van der Waals surface area contributed by atoms with Gasteiger partial charge in [-0.3, -0.25) is 4.98 Å². The first kappa shape index (κ1) is 19.8. The number of aromatic carboxylic acids is 1. The lowest BCUT2D eigenvalue weighted by Gasteiger charge is -2.44. The molecule has 1 aromatic carbocycles. The molecule has 1 aliphatic rings. The second-order valence-electron chi connectivity index (χ2n) is 7.62. The van der Waals surface area contributed by atoms with Gasteiger partial charge in [0, 0.05) is 23.7 Å². The van der Waals surface area contributed by atoms with E-state index in [2.05, 4.69) is 20.5 Å². The highest BCUT2D eigenvalue weighted by Gasteiger charge is 2.47. The molecule has 0 aliphatic heterocycles. The Balaban J connectivity index is 1.52. The summed E-state index contributed by atoms with van der Waals surface area (Å²) in [6.07, 6.45) is 1.69. The maximum Gasteiger partial charge on any atom is 0.339 e. The fourth-order valence-electron chi connectivity index (χ4n) is 4.00. The fraction of sp³-hybridized carbons (Fsp3) is 0.273. The molecule has 0 atom stereocenters. The largest absolute Gasteiger partial charge is 0.506 e. The minimum absolute atomic E-state index is 0.199. The summed E-state index contributed by atoms with van der Waals surface area (Å²) in [5, 5.41) is 30.8. The van der Waals surface area contributed by atoms with Gasteiger partial charge < -0.3 is 15.5 Å². The molecule has 1 fully saturated rings. The van der Waals surface area contributed by atoms with Gasteiger partial charge in [-0.15, -0.1) is 10.2 Å². The third kappa shape index (κ3) is 3.56. The number of halogens is 1.